The number of ketones is 1. The number of carbonyl (C=O) groups excluding carboxylic acids is 2. The molecule has 0 radical (unpaired) electrons. The number of anilines is 1. The van der Waals surface area contributed by atoms with E-state index in [0.717, 1.165) is 19.3 Å². The van der Waals surface area contributed by atoms with E-state index >= 15 is 0 Å². The number of piperidine rings is 1. The third-order valence-electron chi connectivity index (χ3n) is 3.51. The highest BCUT2D eigenvalue weighted by atomic mass is 35.5. The van der Waals surface area contributed by atoms with Gasteiger partial charge in [0.2, 0.25) is 0 Å². The SMILES string of the molecule is CC(=O)CC1CCCCN1C(=O)Nc1ccc(Cl)cc1. The minimum atomic E-state index is -0.140. The standard InChI is InChI=1S/C15H19ClN2O2/c1-11(19)10-14-4-2-3-9-18(14)15(20)17-13-7-5-12(16)6-8-13/h5-8,14H,2-4,9-10H2,1H3,(H,17,20). The Morgan fingerprint density at radius 1 is 1.30 bits per heavy atom. The first-order valence-electron chi connectivity index (χ1n) is 6.89. The van der Waals surface area contributed by atoms with Crippen LogP contribution in [0.3, 0.4) is 0 Å². The van der Waals surface area contributed by atoms with Gasteiger partial charge in [-0.2, -0.15) is 0 Å². The molecule has 1 fully saturated rings. The first kappa shape index (κ1) is 14.9. The Kier molecular flexibility index (Phi) is 5.01. The molecule has 1 saturated heterocycles. The number of hydrogen-bond donors (Lipinski definition) is 1. The van der Waals surface area contributed by atoms with Gasteiger partial charge >= 0.3 is 6.03 Å². The van der Waals surface area contributed by atoms with Crippen molar-refractivity contribution in [3.05, 3.63) is 29.3 Å². The third-order valence-corrected chi connectivity index (χ3v) is 3.76. The first-order chi connectivity index (χ1) is 9.56. The number of nitrogens with zero attached hydrogens (tertiary/aromatic N) is 1. The molecule has 2 amide bonds. The van der Waals surface area contributed by atoms with Crippen LogP contribution in [0, 0.1) is 0 Å². The minimum absolute atomic E-state index is 0.0218. The molecule has 1 unspecified atom stereocenters. The van der Waals surface area contributed by atoms with Gasteiger partial charge in [-0.15, -0.1) is 0 Å². The predicted octanol–water partition coefficient (Wildman–Crippen LogP) is 3.71. The molecule has 2 rings (SSSR count). The molecule has 1 aromatic carbocycles. The van der Waals surface area contributed by atoms with Crippen LogP contribution in [0.5, 0.6) is 0 Å². The molecule has 0 spiro atoms. The van der Waals surface area contributed by atoms with Crippen molar-refractivity contribution in [2.45, 2.75) is 38.6 Å². The predicted molar refractivity (Wildman–Crippen MR) is 80.1 cm³/mol. The van der Waals surface area contributed by atoms with Crippen molar-refractivity contribution < 1.29 is 9.59 Å². The molecule has 4 nitrogen and oxygen atoms in total. The summed E-state index contributed by atoms with van der Waals surface area (Å²) in [6.45, 7) is 2.28. The summed E-state index contributed by atoms with van der Waals surface area (Å²) in [4.78, 5) is 25.4. The van der Waals surface area contributed by atoms with Crippen molar-refractivity contribution in [3.63, 3.8) is 0 Å². The van der Waals surface area contributed by atoms with Crippen LogP contribution in [0.1, 0.15) is 32.6 Å². The average Bonchev–Trinajstić information content (AvgIpc) is 2.41. The number of nitrogens with one attached hydrogen (secondary N) is 1. The molecule has 0 aliphatic carbocycles. The van der Waals surface area contributed by atoms with Crippen molar-refractivity contribution in [2.75, 3.05) is 11.9 Å². The molecule has 0 aromatic heterocycles. The second-order valence-electron chi connectivity index (χ2n) is 5.19. The molecule has 1 aromatic rings. The summed E-state index contributed by atoms with van der Waals surface area (Å²) in [5, 5.41) is 3.49. The summed E-state index contributed by atoms with van der Waals surface area (Å²) in [6.07, 6.45) is 3.40. The lowest BCUT2D eigenvalue weighted by Crippen LogP contribution is -2.46. The zero-order chi connectivity index (χ0) is 14.5. The summed E-state index contributed by atoms with van der Waals surface area (Å²) < 4.78 is 0. The molecule has 1 heterocycles. The molecule has 1 aliphatic heterocycles. The van der Waals surface area contributed by atoms with Gasteiger partial charge in [0.05, 0.1) is 0 Å². The largest absolute Gasteiger partial charge is 0.322 e. The maximum absolute atomic E-state index is 12.3. The van der Waals surface area contributed by atoms with Gasteiger partial charge in [0.1, 0.15) is 5.78 Å². The van der Waals surface area contributed by atoms with Gasteiger partial charge in [-0.3, -0.25) is 4.79 Å². The van der Waals surface area contributed by atoms with Crippen molar-refractivity contribution >= 4 is 29.1 Å². The van der Waals surface area contributed by atoms with Crippen LogP contribution in [0.25, 0.3) is 0 Å². The highest BCUT2D eigenvalue weighted by molar-refractivity contribution is 6.30. The van der Waals surface area contributed by atoms with Crippen molar-refractivity contribution in [2.24, 2.45) is 0 Å². The van der Waals surface area contributed by atoms with Crippen LogP contribution in [0.4, 0.5) is 10.5 Å². The van der Waals surface area contributed by atoms with Gasteiger partial charge in [-0.05, 0) is 50.5 Å². The monoisotopic (exact) mass is 294 g/mol. The van der Waals surface area contributed by atoms with E-state index in [1.807, 2.05) is 0 Å². The summed E-state index contributed by atoms with van der Waals surface area (Å²) in [5.74, 6) is 0.126. The minimum Gasteiger partial charge on any atom is -0.321 e. The zero-order valence-electron chi connectivity index (χ0n) is 11.6. The summed E-state index contributed by atoms with van der Waals surface area (Å²) in [5.41, 5.74) is 0.714. The first-order valence-corrected chi connectivity index (χ1v) is 7.26. The van der Waals surface area contributed by atoms with E-state index < -0.39 is 0 Å². The highest BCUT2D eigenvalue weighted by Gasteiger charge is 2.27. The molecular formula is C15H19ClN2O2. The van der Waals surface area contributed by atoms with Crippen LogP contribution in [-0.2, 0) is 4.79 Å². The molecule has 108 valence electrons. The molecule has 1 N–H and O–H groups in total. The van der Waals surface area contributed by atoms with Crippen molar-refractivity contribution in [1.82, 2.24) is 4.90 Å². The smallest absolute Gasteiger partial charge is 0.321 e. The average molecular weight is 295 g/mol. The Balaban J connectivity index is 2.01. The van der Waals surface area contributed by atoms with Gasteiger partial charge in [0.15, 0.2) is 0 Å². The van der Waals surface area contributed by atoms with E-state index in [1.165, 1.54) is 0 Å². The fourth-order valence-electron chi connectivity index (χ4n) is 2.54. The molecule has 1 aliphatic rings. The third kappa shape index (κ3) is 3.97. The number of carbonyl (C=O) groups is 2. The van der Waals surface area contributed by atoms with Crippen LogP contribution >= 0.6 is 11.6 Å². The van der Waals surface area contributed by atoms with E-state index in [1.54, 1.807) is 36.1 Å². The quantitative estimate of drug-likeness (QED) is 0.924. The van der Waals surface area contributed by atoms with Gasteiger partial charge < -0.3 is 10.2 Å². The van der Waals surface area contributed by atoms with E-state index in [0.29, 0.717) is 23.7 Å². The zero-order valence-corrected chi connectivity index (χ0v) is 12.3. The van der Waals surface area contributed by atoms with Gasteiger partial charge in [-0.1, -0.05) is 11.6 Å². The lowest BCUT2D eigenvalue weighted by Gasteiger charge is -2.35. The number of amides is 2. The van der Waals surface area contributed by atoms with Gasteiger partial charge in [-0.25, -0.2) is 4.79 Å². The number of urea groups is 1. The number of likely N-dealkylation sites (tertiary alicyclic amines) is 1. The summed E-state index contributed by atoms with van der Waals surface area (Å²) >= 11 is 5.82. The molecule has 5 heteroatoms. The van der Waals surface area contributed by atoms with Gasteiger partial charge in [0, 0.05) is 29.7 Å². The lowest BCUT2D eigenvalue weighted by molar-refractivity contribution is -0.118. The Hall–Kier alpha value is -1.55. The second-order valence-corrected chi connectivity index (χ2v) is 5.62. The fourth-order valence-corrected chi connectivity index (χ4v) is 2.67. The highest BCUT2D eigenvalue weighted by Crippen LogP contribution is 2.21. The Labute approximate surface area is 124 Å². The maximum atomic E-state index is 12.3. The van der Waals surface area contributed by atoms with Crippen LogP contribution in [0.2, 0.25) is 5.02 Å². The van der Waals surface area contributed by atoms with Crippen LogP contribution < -0.4 is 5.32 Å². The second kappa shape index (κ2) is 6.75. The molecule has 1 atom stereocenters. The van der Waals surface area contributed by atoms with Crippen LogP contribution in [0.15, 0.2) is 24.3 Å². The Morgan fingerprint density at radius 2 is 2.00 bits per heavy atom. The Bertz CT molecular complexity index is 487. The summed E-state index contributed by atoms with van der Waals surface area (Å²) in [6, 6.07) is 6.89. The number of rotatable bonds is 3. The van der Waals surface area contributed by atoms with Crippen molar-refractivity contribution in [3.8, 4) is 0 Å². The summed E-state index contributed by atoms with van der Waals surface area (Å²) in [7, 11) is 0. The number of benzene rings is 1. The topological polar surface area (TPSA) is 49.4 Å². The number of halogens is 1. The van der Waals surface area contributed by atoms with E-state index in [9.17, 15) is 9.59 Å². The lowest BCUT2D eigenvalue weighted by atomic mass is 9.98. The Morgan fingerprint density at radius 3 is 2.65 bits per heavy atom. The molecular weight excluding hydrogens is 276 g/mol. The van der Waals surface area contributed by atoms with Gasteiger partial charge in [0.25, 0.3) is 0 Å². The fraction of sp³-hybridized carbons (Fsp3) is 0.467. The van der Waals surface area contributed by atoms with E-state index in [2.05, 4.69) is 5.32 Å². The van der Waals surface area contributed by atoms with Crippen LogP contribution in [-0.4, -0.2) is 29.3 Å². The molecule has 20 heavy (non-hydrogen) atoms. The molecule has 0 saturated carbocycles. The number of Topliss-reactive ketones (excluding diaryl/α,β-unsaturated/α-hetero) is 1. The normalized spacial score (nSPS) is 18.7. The van der Waals surface area contributed by atoms with E-state index in [-0.39, 0.29) is 17.9 Å². The van der Waals surface area contributed by atoms with Crippen molar-refractivity contribution in [1.29, 1.82) is 0 Å². The molecule has 0 bridgehead atoms. The van der Waals surface area contributed by atoms with E-state index in [4.69, 9.17) is 11.6 Å². The number of hydrogen-bond acceptors (Lipinski definition) is 2. The maximum Gasteiger partial charge on any atom is 0.322 e.